The second-order valence-corrected chi connectivity index (χ2v) is 6.76. The lowest BCUT2D eigenvalue weighted by Crippen LogP contribution is -2.34. The molecule has 3 aromatic rings. The average molecular weight is 338 g/mol. The molecule has 0 spiro atoms. The van der Waals surface area contributed by atoms with Crippen LogP contribution in [0.5, 0.6) is 0 Å². The average Bonchev–Trinajstić information content (AvgIpc) is 2.98. The summed E-state index contributed by atoms with van der Waals surface area (Å²) in [5.74, 6) is -0.482. The molecule has 6 heteroatoms. The first-order valence-corrected chi connectivity index (χ1v) is 8.14. The number of aliphatic hydroxyl groups is 1. The molecule has 0 saturated heterocycles. The van der Waals surface area contributed by atoms with E-state index in [0.717, 1.165) is 16.6 Å². The molecule has 130 valence electrons. The van der Waals surface area contributed by atoms with Crippen LogP contribution in [0.25, 0.3) is 16.6 Å². The fraction of sp³-hybridized carbons (Fsp3) is 0.263. The van der Waals surface area contributed by atoms with Crippen LogP contribution in [-0.4, -0.2) is 32.9 Å². The van der Waals surface area contributed by atoms with Crippen LogP contribution in [0.1, 0.15) is 29.8 Å². The van der Waals surface area contributed by atoms with Crippen LogP contribution < -0.4 is 11.1 Å². The predicted octanol–water partition coefficient (Wildman–Crippen LogP) is 1.98. The molecule has 0 saturated carbocycles. The van der Waals surface area contributed by atoms with Crippen LogP contribution in [-0.2, 0) is 6.54 Å². The molecule has 0 fully saturated rings. The monoisotopic (exact) mass is 338 g/mol. The van der Waals surface area contributed by atoms with Crippen molar-refractivity contribution in [2.45, 2.75) is 26.0 Å². The van der Waals surface area contributed by atoms with Crippen molar-refractivity contribution in [1.82, 2.24) is 15.1 Å². The molecule has 1 aromatic heterocycles. The number of nitrogens with zero attached hydrogens (tertiary/aromatic N) is 2. The van der Waals surface area contributed by atoms with Crippen LogP contribution in [0.2, 0.25) is 0 Å². The van der Waals surface area contributed by atoms with E-state index in [1.54, 1.807) is 30.7 Å². The zero-order valence-electron chi connectivity index (χ0n) is 14.4. The predicted molar refractivity (Wildman–Crippen MR) is 97.6 cm³/mol. The molecule has 0 aliphatic rings. The molecule has 0 atom stereocenters. The molecule has 0 radical (unpaired) electrons. The third-order valence-corrected chi connectivity index (χ3v) is 3.89. The van der Waals surface area contributed by atoms with Crippen LogP contribution >= 0.6 is 0 Å². The molecule has 0 aliphatic carbocycles. The van der Waals surface area contributed by atoms with Gasteiger partial charge in [0.05, 0.1) is 16.9 Å². The molecular formula is C19H22N4O2. The second-order valence-electron chi connectivity index (χ2n) is 6.76. The largest absolute Gasteiger partial charge is 0.389 e. The third-order valence-electron chi connectivity index (χ3n) is 3.89. The summed E-state index contributed by atoms with van der Waals surface area (Å²) >= 11 is 0. The smallest absolute Gasteiger partial charge is 0.250 e. The molecule has 0 unspecified atom stereocenters. The van der Waals surface area contributed by atoms with Gasteiger partial charge in [-0.2, -0.15) is 5.10 Å². The Bertz CT molecular complexity index is 892. The number of primary amides is 1. The Labute approximate surface area is 146 Å². The second kappa shape index (κ2) is 6.66. The SMILES string of the molecule is CC(C)(O)CNCc1ccc(-n2cc3cccc(C(N)=O)c3n2)cc1. The molecule has 4 N–H and O–H groups in total. The van der Waals surface area contributed by atoms with E-state index in [1.165, 1.54) is 0 Å². The summed E-state index contributed by atoms with van der Waals surface area (Å²) in [7, 11) is 0. The number of hydrogen-bond acceptors (Lipinski definition) is 4. The fourth-order valence-electron chi connectivity index (χ4n) is 2.66. The number of hydrogen-bond donors (Lipinski definition) is 3. The van der Waals surface area contributed by atoms with E-state index >= 15 is 0 Å². The Morgan fingerprint density at radius 3 is 2.60 bits per heavy atom. The maximum absolute atomic E-state index is 11.5. The number of aromatic nitrogens is 2. The lowest BCUT2D eigenvalue weighted by Gasteiger charge is -2.17. The number of nitrogens with one attached hydrogen (secondary N) is 1. The van der Waals surface area contributed by atoms with Gasteiger partial charge in [0, 0.05) is 24.7 Å². The molecule has 1 heterocycles. The van der Waals surface area contributed by atoms with Crippen molar-refractivity contribution in [2.24, 2.45) is 5.73 Å². The van der Waals surface area contributed by atoms with Gasteiger partial charge in [0.25, 0.3) is 5.91 Å². The van der Waals surface area contributed by atoms with E-state index in [0.29, 0.717) is 24.2 Å². The molecule has 3 rings (SSSR count). The zero-order valence-corrected chi connectivity index (χ0v) is 14.4. The van der Waals surface area contributed by atoms with Crippen LogP contribution in [0.3, 0.4) is 0 Å². The topological polar surface area (TPSA) is 93.2 Å². The lowest BCUT2D eigenvalue weighted by atomic mass is 10.1. The number of nitrogens with two attached hydrogens (primary N) is 1. The van der Waals surface area contributed by atoms with Gasteiger partial charge in [-0.1, -0.05) is 24.3 Å². The highest BCUT2D eigenvalue weighted by Crippen LogP contribution is 2.19. The first kappa shape index (κ1) is 17.1. The standard InChI is InChI=1S/C19H22N4O2/c1-19(2,25)12-21-10-13-6-8-15(9-7-13)23-11-14-4-3-5-16(18(20)24)17(14)22-23/h3-9,11,21,25H,10,12H2,1-2H3,(H2,20,24). The minimum absolute atomic E-state index is 0.420. The minimum Gasteiger partial charge on any atom is -0.389 e. The van der Waals surface area contributed by atoms with Crippen LogP contribution in [0.4, 0.5) is 0 Å². The molecule has 25 heavy (non-hydrogen) atoms. The number of benzene rings is 2. The summed E-state index contributed by atoms with van der Waals surface area (Å²) in [6.07, 6.45) is 1.88. The Hall–Kier alpha value is -2.70. The Kier molecular flexibility index (Phi) is 4.57. The summed E-state index contributed by atoms with van der Waals surface area (Å²) in [6.45, 7) is 4.74. The fourth-order valence-corrected chi connectivity index (χ4v) is 2.66. The van der Waals surface area contributed by atoms with Crippen molar-refractivity contribution in [1.29, 1.82) is 0 Å². The van der Waals surface area contributed by atoms with E-state index in [-0.39, 0.29) is 0 Å². The Balaban J connectivity index is 1.79. The normalized spacial score (nSPS) is 11.8. The van der Waals surface area contributed by atoms with E-state index in [1.807, 2.05) is 36.5 Å². The van der Waals surface area contributed by atoms with Gasteiger partial charge in [-0.15, -0.1) is 0 Å². The van der Waals surface area contributed by atoms with Gasteiger partial charge in [0.15, 0.2) is 0 Å². The lowest BCUT2D eigenvalue weighted by molar-refractivity contribution is 0.0795. The molecule has 2 aromatic carbocycles. The highest BCUT2D eigenvalue weighted by molar-refractivity contribution is 6.04. The van der Waals surface area contributed by atoms with Gasteiger partial charge >= 0.3 is 0 Å². The Morgan fingerprint density at radius 1 is 1.24 bits per heavy atom. The zero-order chi connectivity index (χ0) is 18.0. The van der Waals surface area contributed by atoms with Gasteiger partial charge in [0.2, 0.25) is 0 Å². The minimum atomic E-state index is -0.729. The van der Waals surface area contributed by atoms with Gasteiger partial charge in [-0.05, 0) is 37.6 Å². The maximum atomic E-state index is 11.5. The van der Waals surface area contributed by atoms with Crippen molar-refractivity contribution in [3.63, 3.8) is 0 Å². The number of carbonyl (C=O) groups excluding carboxylic acids is 1. The van der Waals surface area contributed by atoms with E-state index < -0.39 is 11.5 Å². The van der Waals surface area contributed by atoms with Crippen molar-refractivity contribution >= 4 is 16.8 Å². The van der Waals surface area contributed by atoms with E-state index in [9.17, 15) is 9.90 Å². The number of carbonyl (C=O) groups is 1. The number of fused-ring (bicyclic) bond motifs is 1. The molecule has 1 amide bonds. The van der Waals surface area contributed by atoms with Crippen molar-refractivity contribution in [2.75, 3.05) is 6.54 Å². The van der Waals surface area contributed by atoms with E-state index in [4.69, 9.17) is 5.73 Å². The van der Waals surface area contributed by atoms with Crippen molar-refractivity contribution in [3.8, 4) is 5.69 Å². The molecule has 0 bridgehead atoms. The quantitative estimate of drug-likeness (QED) is 0.641. The molecular weight excluding hydrogens is 316 g/mol. The van der Waals surface area contributed by atoms with Crippen molar-refractivity contribution in [3.05, 3.63) is 59.8 Å². The van der Waals surface area contributed by atoms with Gasteiger partial charge in [0.1, 0.15) is 5.52 Å². The summed E-state index contributed by atoms with van der Waals surface area (Å²) in [5, 5.41) is 18.3. The van der Waals surface area contributed by atoms with Crippen molar-refractivity contribution < 1.29 is 9.90 Å². The Morgan fingerprint density at radius 2 is 1.96 bits per heavy atom. The van der Waals surface area contributed by atoms with Gasteiger partial charge < -0.3 is 16.2 Å². The maximum Gasteiger partial charge on any atom is 0.250 e. The van der Waals surface area contributed by atoms with Gasteiger partial charge in [-0.3, -0.25) is 4.79 Å². The van der Waals surface area contributed by atoms with Gasteiger partial charge in [-0.25, -0.2) is 4.68 Å². The summed E-state index contributed by atoms with van der Waals surface area (Å²) in [4.78, 5) is 11.5. The molecule has 0 aliphatic heterocycles. The molecule has 6 nitrogen and oxygen atoms in total. The third kappa shape index (κ3) is 4.04. The first-order chi connectivity index (χ1) is 11.8. The van der Waals surface area contributed by atoms with E-state index in [2.05, 4.69) is 10.4 Å². The summed E-state index contributed by atoms with van der Waals surface area (Å²) in [5.41, 5.74) is 7.72. The highest BCUT2D eigenvalue weighted by atomic mass is 16.3. The summed E-state index contributed by atoms with van der Waals surface area (Å²) < 4.78 is 1.74. The highest BCUT2D eigenvalue weighted by Gasteiger charge is 2.12. The summed E-state index contributed by atoms with van der Waals surface area (Å²) in [6, 6.07) is 13.3. The number of rotatable bonds is 6. The number of amides is 1. The van der Waals surface area contributed by atoms with Crippen LogP contribution in [0.15, 0.2) is 48.7 Å². The first-order valence-electron chi connectivity index (χ1n) is 8.14. The van der Waals surface area contributed by atoms with Crippen LogP contribution in [0, 0.1) is 0 Å².